The Labute approximate surface area is 337 Å². The highest BCUT2D eigenvalue weighted by Gasteiger charge is 2.49. The average molecular weight is 734 g/mol. The second kappa shape index (κ2) is 13.1. The maximum Gasteiger partial charge on any atom is 0.0717 e. The number of hydrogen-bond donors (Lipinski definition) is 0. The van der Waals surface area contributed by atoms with E-state index < -0.39 is 5.41 Å². The fraction of sp³-hybridized carbons (Fsp3) is 0.143. The maximum atomic E-state index is 2.49. The van der Waals surface area contributed by atoms with Crippen molar-refractivity contribution in [3.05, 3.63) is 232 Å². The van der Waals surface area contributed by atoms with E-state index in [2.05, 4.69) is 222 Å². The zero-order chi connectivity index (χ0) is 39.1. The van der Waals surface area contributed by atoms with Crippen molar-refractivity contribution in [3.8, 4) is 33.4 Å². The molecule has 0 N–H and O–H groups in total. The van der Waals surface area contributed by atoms with Crippen molar-refractivity contribution in [2.45, 2.75) is 52.4 Å². The molecule has 1 heteroatoms. The molecule has 2 aliphatic rings. The van der Waals surface area contributed by atoms with Gasteiger partial charge in [-0.05, 0) is 141 Å². The molecule has 0 saturated carbocycles. The molecule has 8 aromatic carbocycles. The lowest BCUT2D eigenvalue weighted by atomic mass is 9.66. The van der Waals surface area contributed by atoms with Gasteiger partial charge in [0.15, 0.2) is 0 Å². The van der Waals surface area contributed by atoms with Gasteiger partial charge in [-0.15, -0.1) is 0 Å². The molecule has 1 nitrogen and oxygen atoms in total. The largest absolute Gasteiger partial charge is 0.310 e. The van der Waals surface area contributed by atoms with Crippen LogP contribution in [0.3, 0.4) is 0 Å². The lowest BCUT2D eigenvalue weighted by Crippen LogP contribution is -2.30. The summed E-state index contributed by atoms with van der Waals surface area (Å²) in [5, 5.41) is 0. The Kier molecular flexibility index (Phi) is 8.03. The first-order valence-electron chi connectivity index (χ1n) is 20.3. The van der Waals surface area contributed by atoms with Gasteiger partial charge in [0.25, 0.3) is 0 Å². The third kappa shape index (κ3) is 5.08. The van der Waals surface area contributed by atoms with E-state index in [1.54, 1.807) is 0 Å². The van der Waals surface area contributed by atoms with Crippen LogP contribution in [0.4, 0.5) is 17.1 Å². The molecule has 0 aliphatic heterocycles. The summed E-state index contributed by atoms with van der Waals surface area (Å²) < 4.78 is 0. The summed E-state index contributed by atoms with van der Waals surface area (Å²) >= 11 is 0. The van der Waals surface area contributed by atoms with Crippen LogP contribution in [0.5, 0.6) is 0 Å². The van der Waals surface area contributed by atoms with Crippen LogP contribution in [-0.4, -0.2) is 0 Å². The van der Waals surface area contributed by atoms with E-state index in [-0.39, 0.29) is 5.41 Å². The van der Waals surface area contributed by atoms with Gasteiger partial charge in [-0.25, -0.2) is 0 Å². The Morgan fingerprint density at radius 2 is 0.947 bits per heavy atom. The highest BCUT2D eigenvalue weighted by Crippen LogP contribution is 2.61. The van der Waals surface area contributed by atoms with E-state index in [0.29, 0.717) is 0 Å². The number of rotatable bonds is 6. The fourth-order valence-corrected chi connectivity index (χ4v) is 10.2. The lowest BCUT2D eigenvalue weighted by molar-refractivity contribution is 0.660. The minimum atomic E-state index is -0.500. The summed E-state index contributed by atoms with van der Waals surface area (Å²) in [5.74, 6) is 0. The predicted molar refractivity (Wildman–Crippen MR) is 240 cm³/mol. The van der Waals surface area contributed by atoms with Crippen molar-refractivity contribution < 1.29 is 0 Å². The first kappa shape index (κ1) is 35.0. The molecule has 0 radical (unpaired) electrons. The zero-order valence-corrected chi connectivity index (χ0v) is 33.7. The third-order valence-electron chi connectivity index (χ3n) is 13.2. The van der Waals surface area contributed by atoms with Gasteiger partial charge in [-0.3, -0.25) is 0 Å². The van der Waals surface area contributed by atoms with Crippen LogP contribution < -0.4 is 4.90 Å². The summed E-state index contributed by atoms with van der Waals surface area (Å²) in [6.07, 6.45) is 0. The Balaban J connectivity index is 1.24. The summed E-state index contributed by atoms with van der Waals surface area (Å²) in [4.78, 5) is 2.49. The van der Waals surface area contributed by atoms with E-state index >= 15 is 0 Å². The summed E-state index contributed by atoms with van der Waals surface area (Å²) in [5.41, 5.74) is 24.0. The second-order valence-corrected chi connectivity index (χ2v) is 16.7. The van der Waals surface area contributed by atoms with Gasteiger partial charge in [-0.1, -0.05) is 159 Å². The lowest BCUT2D eigenvalue weighted by Gasteiger charge is -2.36. The molecule has 2 aliphatic carbocycles. The van der Waals surface area contributed by atoms with Crippen molar-refractivity contribution in [2.75, 3.05) is 4.90 Å². The van der Waals surface area contributed by atoms with Crippen molar-refractivity contribution in [1.29, 1.82) is 0 Å². The number of fused-ring (bicyclic) bond motifs is 6. The molecule has 57 heavy (non-hydrogen) atoms. The molecule has 0 saturated heterocycles. The number of anilines is 3. The topological polar surface area (TPSA) is 3.24 Å². The molecular weight excluding hydrogens is 687 g/mol. The van der Waals surface area contributed by atoms with Crippen LogP contribution >= 0.6 is 0 Å². The average Bonchev–Trinajstić information content (AvgIpc) is 3.67. The third-order valence-corrected chi connectivity index (χ3v) is 13.2. The zero-order valence-electron chi connectivity index (χ0n) is 33.7. The van der Waals surface area contributed by atoms with Crippen molar-refractivity contribution >= 4 is 17.1 Å². The maximum absolute atomic E-state index is 2.49. The SMILES string of the molecule is Cc1cc2c(cc1C)C(c1ccccc1)(c1ccccc1)c1c(C)c(C)cc(N(c3ccccc3)c3ccc(-c4cccc5c4-c4ccccc4C5(C)C)cc3)c1-2. The highest BCUT2D eigenvalue weighted by atomic mass is 15.1. The molecule has 0 unspecified atom stereocenters. The van der Waals surface area contributed by atoms with Crippen LogP contribution in [-0.2, 0) is 10.8 Å². The number of hydrogen-bond acceptors (Lipinski definition) is 1. The molecule has 0 heterocycles. The molecular formula is C56H47N. The number of nitrogens with zero attached hydrogens (tertiary/aromatic N) is 1. The molecule has 0 spiro atoms. The minimum Gasteiger partial charge on any atom is -0.310 e. The summed E-state index contributed by atoms with van der Waals surface area (Å²) in [6, 6.07) is 65.8. The van der Waals surface area contributed by atoms with Crippen molar-refractivity contribution in [2.24, 2.45) is 0 Å². The molecule has 8 aromatic rings. The molecule has 276 valence electrons. The van der Waals surface area contributed by atoms with Crippen molar-refractivity contribution in [1.82, 2.24) is 0 Å². The Hall–Kier alpha value is -6.44. The number of para-hydroxylation sites is 1. The van der Waals surface area contributed by atoms with E-state index in [9.17, 15) is 0 Å². The van der Waals surface area contributed by atoms with Crippen LogP contribution in [0, 0.1) is 27.7 Å². The van der Waals surface area contributed by atoms with Crippen LogP contribution in [0.2, 0.25) is 0 Å². The molecule has 0 aromatic heterocycles. The van der Waals surface area contributed by atoms with Gasteiger partial charge in [0.2, 0.25) is 0 Å². The normalized spacial score (nSPS) is 14.1. The standard InChI is InChI=1S/C56H47N/c1-36-33-47-50(34-37(36)2)56(41-19-10-7-11-20-41,42-21-12-8-13-22-42)54-39(4)38(3)35-51(53(47)54)57(43-23-14-9-15-24-43)44-31-29-40(30-32-44)45-26-18-28-49-52(45)46-25-16-17-27-48(46)55(49,5)6/h7-35H,1-6H3. The van der Waals surface area contributed by atoms with Gasteiger partial charge < -0.3 is 4.90 Å². The predicted octanol–water partition coefficient (Wildman–Crippen LogP) is 14.7. The molecule has 0 bridgehead atoms. The van der Waals surface area contributed by atoms with Crippen LogP contribution in [0.25, 0.3) is 33.4 Å². The van der Waals surface area contributed by atoms with Gasteiger partial charge in [0.05, 0.1) is 11.1 Å². The first-order valence-corrected chi connectivity index (χ1v) is 20.3. The van der Waals surface area contributed by atoms with Gasteiger partial charge >= 0.3 is 0 Å². The molecule has 10 rings (SSSR count). The van der Waals surface area contributed by atoms with Gasteiger partial charge in [0, 0.05) is 22.4 Å². The monoisotopic (exact) mass is 733 g/mol. The van der Waals surface area contributed by atoms with E-state index in [0.717, 1.165) is 11.4 Å². The molecule has 0 atom stereocenters. The summed E-state index contributed by atoms with van der Waals surface area (Å²) in [7, 11) is 0. The second-order valence-electron chi connectivity index (χ2n) is 16.7. The first-order chi connectivity index (χ1) is 27.7. The Bertz CT molecular complexity index is 2790. The van der Waals surface area contributed by atoms with Crippen LogP contribution in [0.15, 0.2) is 176 Å². The number of benzene rings is 8. The van der Waals surface area contributed by atoms with E-state index in [1.165, 1.54) is 94.7 Å². The number of aryl methyl sites for hydroxylation is 3. The van der Waals surface area contributed by atoms with Gasteiger partial charge in [0.1, 0.15) is 0 Å². The van der Waals surface area contributed by atoms with E-state index in [4.69, 9.17) is 0 Å². The quantitative estimate of drug-likeness (QED) is 0.164. The summed E-state index contributed by atoms with van der Waals surface area (Å²) in [6.45, 7) is 13.9. The van der Waals surface area contributed by atoms with Gasteiger partial charge in [-0.2, -0.15) is 0 Å². The smallest absolute Gasteiger partial charge is 0.0717 e. The van der Waals surface area contributed by atoms with Crippen molar-refractivity contribution in [3.63, 3.8) is 0 Å². The Morgan fingerprint density at radius 1 is 0.404 bits per heavy atom. The molecule has 0 amide bonds. The van der Waals surface area contributed by atoms with Crippen LogP contribution in [0.1, 0.15) is 69.5 Å². The Morgan fingerprint density at radius 3 is 1.61 bits per heavy atom. The minimum absolute atomic E-state index is 0.0441. The highest BCUT2D eigenvalue weighted by molar-refractivity contribution is 5.99. The molecule has 0 fully saturated rings. The van der Waals surface area contributed by atoms with E-state index in [1.807, 2.05) is 0 Å². The fourth-order valence-electron chi connectivity index (χ4n) is 10.2.